The van der Waals surface area contributed by atoms with E-state index in [9.17, 15) is 14.4 Å². The lowest BCUT2D eigenvalue weighted by Crippen LogP contribution is -2.30. The Morgan fingerprint density at radius 1 is 0.900 bits per heavy atom. The molecule has 1 heterocycles. The summed E-state index contributed by atoms with van der Waals surface area (Å²) in [6.07, 6.45) is 5.28. The number of anilines is 2. The largest absolute Gasteiger partial charge is 0.321 e. The third-order valence-electron chi connectivity index (χ3n) is 6.47. The van der Waals surface area contributed by atoms with Crippen LogP contribution in [0.15, 0.2) is 42.5 Å². The molecule has 0 radical (unpaired) electrons. The van der Waals surface area contributed by atoms with Gasteiger partial charge in [0.2, 0.25) is 11.8 Å². The van der Waals surface area contributed by atoms with Crippen molar-refractivity contribution in [2.75, 3.05) is 10.2 Å². The molecule has 0 bridgehead atoms. The number of hydrogen-bond acceptors (Lipinski definition) is 3. The fraction of sp³-hybridized carbons (Fsp3) is 0.400. The molecular formula is C25H28N2O3. The molecule has 30 heavy (non-hydrogen) atoms. The second kappa shape index (κ2) is 8.42. The molecule has 3 amide bonds. The molecule has 1 aliphatic carbocycles. The van der Waals surface area contributed by atoms with Crippen molar-refractivity contribution < 1.29 is 14.4 Å². The Bertz CT molecular complexity index is 934. The first-order chi connectivity index (χ1) is 14.5. The van der Waals surface area contributed by atoms with Crippen molar-refractivity contribution in [3.8, 4) is 0 Å². The second-order valence-electron chi connectivity index (χ2n) is 8.17. The highest BCUT2D eigenvalue weighted by Gasteiger charge is 2.48. The van der Waals surface area contributed by atoms with E-state index in [1.807, 2.05) is 18.2 Å². The van der Waals surface area contributed by atoms with Gasteiger partial charge in [-0.1, -0.05) is 44.9 Å². The fourth-order valence-electron chi connectivity index (χ4n) is 4.77. The van der Waals surface area contributed by atoms with Gasteiger partial charge in [0.15, 0.2) is 0 Å². The Labute approximate surface area is 177 Å². The summed E-state index contributed by atoms with van der Waals surface area (Å²) in [5.41, 5.74) is 4.15. The van der Waals surface area contributed by atoms with Gasteiger partial charge in [-0.25, -0.2) is 0 Å². The first-order valence-electron chi connectivity index (χ1n) is 10.9. The Balaban J connectivity index is 1.54. The molecule has 1 aliphatic heterocycles. The van der Waals surface area contributed by atoms with E-state index in [-0.39, 0.29) is 29.6 Å². The number of para-hydroxylation sites is 1. The zero-order valence-corrected chi connectivity index (χ0v) is 17.6. The van der Waals surface area contributed by atoms with Gasteiger partial charge in [-0.3, -0.25) is 19.3 Å². The van der Waals surface area contributed by atoms with Crippen LogP contribution in [0.1, 0.15) is 61.0 Å². The van der Waals surface area contributed by atoms with Gasteiger partial charge in [0.1, 0.15) is 0 Å². The quantitative estimate of drug-likeness (QED) is 0.732. The molecule has 2 fully saturated rings. The van der Waals surface area contributed by atoms with Crippen LogP contribution in [0.4, 0.5) is 11.4 Å². The molecule has 1 N–H and O–H groups in total. The van der Waals surface area contributed by atoms with Crippen LogP contribution in [0.25, 0.3) is 0 Å². The van der Waals surface area contributed by atoms with Gasteiger partial charge in [-0.05, 0) is 61.1 Å². The van der Waals surface area contributed by atoms with Gasteiger partial charge in [0, 0.05) is 11.3 Å². The second-order valence-corrected chi connectivity index (χ2v) is 8.17. The van der Waals surface area contributed by atoms with Gasteiger partial charge in [-0.15, -0.1) is 0 Å². The fourth-order valence-corrected chi connectivity index (χ4v) is 4.77. The number of imide groups is 1. The molecule has 0 unspecified atom stereocenters. The van der Waals surface area contributed by atoms with E-state index in [4.69, 9.17) is 0 Å². The van der Waals surface area contributed by atoms with E-state index in [1.54, 1.807) is 24.3 Å². The lowest BCUT2D eigenvalue weighted by molar-refractivity contribution is -0.122. The molecule has 2 atom stereocenters. The molecule has 2 aliphatic rings. The minimum absolute atomic E-state index is 0.0913. The van der Waals surface area contributed by atoms with E-state index < -0.39 is 0 Å². The molecule has 156 valence electrons. The van der Waals surface area contributed by atoms with Crippen LogP contribution in [0.3, 0.4) is 0 Å². The Kier molecular flexibility index (Phi) is 5.71. The monoisotopic (exact) mass is 404 g/mol. The molecule has 4 rings (SSSR count). The molecular weight excluding hydrogens is 376 g/mol. The van der Waals surface area contributed by atoms with Crippen LogP contribution in [0, 0.1) is 11.8 Å². The predicted molar refractivity (Wildman–Crippen MR) is 118 cm³/mol. The van der Waals surface area contributed by atoms with Crippen molar-refractivity contribution in [2.24, 2.45) is 11.8 Å². The normalized spacial score (nSPS) is 20.9. The highest BCUT2D eigenvalue weighted by molar-refractivity contribution is 6.22. The number of aryl methyl sites for hydroxylation is 2. The topological polar surface area (TPSA) is 66.5 Å². The van der Waals surface area contributed by atoms with Crippen molar-refractivity contribution in [1.29, 1.82) is 0 Å². The lowest BCUT2D eigenvalue weighted by Gasteiger charge is -2.19. The molecule has 5 heteroatoms. The average Bonchev–Trinajstić information content (AvgIpc) is 3.04. The van der Waals surface area contributed by atoms with Gasteiger partial charge in [0.25, 0.3) is 5.91 Å². The molecule has 5 nitrogen and oxygen atoms in total. The van der Waals surface area contributed by atoms with E-state index in [2.05, 4.69) is 19.2 Å². The number of fused-ring (bicyclic) bond motifs is 1. The first-order valence-corrected chi connectivity index (χ1v) is 10.9. The minimum Gasteiger partial charge on any atom is -0.321 e. The van der Waals surface area contributed by atoms with Gasteiger partial charge < -0.3 is 5.32 Å². The van der Waals surface area contributed by atoms with Crippen LogP contribution in [0.5, 0.6) is 0 Å². The summed E-state index contributed by atoms with van der Waals surface area (Å²) >= 11 is 0. The highest BCUT2D eigenvalue weighted by Crippen LogP contribution is 2.40. The van der Waals surface area contributed by atoms with Gasteiger partial charge >= 0.3 is 0 Å². The maximum atomic E-state index is 12.9. The van der Waals surface area contributed by atoms with Crippen molar-refractivity contribution in [1.82, 2.24) is 0 Å². The number of nitrogens with one attached hydrogen (secondary N) is 1. The third kappa shape index (κ3) is 3.53. The number of hydrogen-bond donors (Lipinski definition) is 1. The average molecular weight is 405 g/mol. The van der Waals surface area contributed by atoms with Crippen LogP contribution in [-0.4, -0.2) is 17.7 Å². The standard InChI is InChI=1S/C25H28N2O3/c1-3-16-8-7-9-17(4-2)22(16)26-23(28)18-12-14-19(15-13-18)27-24(29)20-10-5-6-11-21(20)25(27)30/h7-9,12-15,20-21H,3-6,10-11H2,1-2H3,(H,26,28)/t20-,21+. The summed E-state index contributed by atoms with van der Waals surface area (Å²) in [7, 11) is 0. The highest BCUT2D eigenvalue weighted by atomic mass is 16.2. The number of carbonyl (C=O) groups is 3. The zero-order chi connectivity index (χ0) is 21.3. The van der Waals surface area contributed by atoms with Crippen LogP contribution in [-0.2, 0) is 22.4 Å². The number of benzene rings is 2. The van der Waals surface area contributed by atoms with Crippen LogP contribution in [0.2, 0.25) is 0 Å². The van der Waals surface area contributed by atoms with E-state index >= 15 is 0 Å². The number of carbonyl (C=O) groups excluding carboxylic acids is 3. The maximum absolute atomic E-state index is 12.9. The summed E-state index contributed by atoms with van der Waals surface area (Å²) in [5.74, 6) is -0.720. The predicted octanol–water partition coefficient (Wildman–Crippen LogP) is 4.74. The molecule has 1 saturated carbocycles. The summed E-state index contributed by atoms with van der Waals surface area (Å²) in [6, 6.07) is 12.9. The summed E-state index contributed by atoms with van der Waals surface area (Å²) < 4.78 is 0. The van der Waals surface area contributed by atoms with Crippen molar-refractivity contribution >= 4 is 29.1 Å². The SMILES string of the molecule is CCc1cccc(CC)c1NC(=O)c1ccc(N2C(=O)[C@H]3CCCC[C@H]3C2=O)cc1. The van der Waals surface area contributed by atoms with E-state index in [0.717, 1.165) is 55.3 Å². The molecule has 2 aromatic rings. The zero-order valence-electron chi connectivity index (χ0n) is 17.6. The maximum Gasteiger partial charge on any atom is 0.255 e. The minimum atomic E-state index is -0.190. The number of amides is 3. The van der Waals surface area contributed by atoms with Crippen molar-refractivity contribution in [3.05, 3.63) is 59.2 Å². The molecule has 2 aromatic carbocycles. The number of rotatable bonds is 5. The van der Waals surface area contributed by atoms with Crippen molar-refractivity contribution in [3.63, 3.8) is 0 Å². The Morgan fingerprint density at radius 2 is 1.43 bits per heavy atom. The molecule has 0 aromatic heterocycles. The summed E-state index contributed by atoms with van der Waals surface area (Å²) in [4.78, 5) is 39.7. The first kappa shape index (κ1) is 20.3. The summed E-state index contributed by atoms with van der Waals surface area (Å²) in [6.45, 7) is 4.14. The summed E-state index contributed by atoms with van der Waals surface area (Å²) in [5, 5.41) is 3.06. The number of nitrogens with zero attached hydrogens (tertiary/aromatic N) is 1. The van der Waals surface area contributed by atoms with Gasteiger partial charge in [0.05, 0.1) is 17.5 Å². The Hall–Kier alpha value is -2.95. The van der Waals surface area contributed by atoms with Crippen LogP contribution < -0.4 is 10.2 Å². The van der Waals surface area contributed by atoms with E-state index in [0.29, 0.717) is 11.3 Å². The Morgan fingerprint density at radius 3 is 1.93 bits per heavy atom. The van der Waals surface area contributed by atoms with Crippen molar-refractivity contribution in [2.45, 2.75) is 52.4 Å². The lowest BCUT2D eigenvalue weighted by atomic mass is 9.81. The third-order valence-corrected chi connectivity index (χ3v) is 6.47. The molecule has 0 spiro atoms. The van der Waals surface area contributed by atoms with E-state index in [1.165, 1.54) is 4.90 Å². The smallest absolute Gasteiger partial charge is 0.255 e. The van der Waals surface area contributed by atoms with Crippen LogP contribution >= 0.6 is 0 Å². The molecule has 1 saturated heterocycles. The van der Waals surface area contributed by atoms with Gasteiger partial charge in [-0.2, -0.15) is 0 Å².